The van der Waals surface area contributed by atoms with Crippen molar-refractivity contribution in [3.05, 3.63) is 21.9 Å². The van der Waals surface area contributed by atoms with Crippen LogP contribution in [-0.4, -0.2) is 44.3 Å². The lowest BCUT2D eigenvalue weighted by Crippen LogP contribution is -2.38. The highest BCUT2D eigenvalue weighted by Gasteiger charge is 2.18. The molecule has 3 nitrogen and oxygen atoms in total. The molecule has 0 amide bonds. The molecule has 1 aliphatic heterocycles. The lowest BCUT2D eigenvalue weighted by Gasteiger charge is -2.24. The van der Waals surface area contributed by atoms with E-state index in [1.54, 1.807) is 7.11 Å². The molecule has 2 rings (SSSR count). The van der Waals surface area contributed by atoms with E-state index in [2.05, 4.69) is 29.3 Å². The number of hydrogen-bond acceptors (Lipinski definition) is 4. The van der Waals surface area contributed by atoms with Gasteiger partial charge >= 0.3 is 0 Å². The van der Waals surface area contributed by atoms with Gasteiger partial charge in [0.25, 0.3) is 0 Å². The Hall–Kier alpha value is -0.420. The van der Waals surface area contributed by atoms with Gasteiger partial charge in [-0.25, -0.2) is 0 Å². The van der Waals surface area contributed by atoms with Crippen LogP contribution in [0.5, 0.6) is 0 Å². The number of ether oxygens (including phenoxy) is 1. The third-order valence-electron chi connectivity index (χ3n) is 3.70. The number of methoxy groups -OCH3 is 1. The first-order valence-electron chi connectivity index (χ1n) is 7.34. The maximum atomic E-state index is 5.24. The second kappa shape index (κ2) is 8.00. The number of nitrogens with one attached hydrogen (secondary N) is 1. The molecule has 19 heavy (non-hydrogen) atoms. The normalized spacial score (nSPS) is 19.4. The highest BCUT2D eigenvalue weighted by Crippen LogP contribution is 2.19. The molecule has 1 fully saturated rings. The van der Waals surface area contributed by atoms with E-state index < -0.39 is 0 Å². The highest BCUT2D eigenvalue weighted by atomic mass is 32.1. The van der Waals surface area contributed by atoms with Crippen LogP contribution in [0.25, 0.3) is 0 Å². The van der Waals surface area contributed by atoms with Crippen LogP contribution in [-0.2, 0) is 17.7 Å². The molecule has 1 aromatic heterocycles. The van der Waals surface area contributed by atoms with Crippen molar-refractivity contribution >= 4 is 11.3 Å². The van der Waals surface area contributed by atoms with Crippen LogP contribution in [0.15, 0.2) is 12.1 Å². The summed E-state index contributed by atoms with van der Waals surface area (Å²) in [5.41, 5.74) is 0. The Morgan fingerprint density at radius 3 is 2.89 bits per heavy atom. The zero-order chi connectivity index (χ0) is 13.5. The SMILES string of the molecule is CCc1ccc(CN(CCOC)CC2CCCN2)s1. The average Bonchev–Trinajstić information content (AvgIpc) is 3.07. The van der Waals surface area contributed by atoms with E-state index in [1.165, 1.54) is 29.1 Å². The molecular weight excluding hydrogens is 256 g/mol. The monoisotopic (exact) mass is 282 g/mol. The Kier molecular flexibility index (Phi) is 6.31. The summed E-state index contributed by atoms with van der Waals surface area (Å²) in [6, 6.07) is 5.22. The molecule has 0 bridgehead atoms. The summed E-state index contributed by atoms with van der Waals surface area (Å²) in [6.45, 7) is 7.45. The van der Waals surface area contributed by atoms with Crippen molar-refractivity contribution in [1.82, 2.24) is 10.2 Å². The summed E-state index contributed by atoms with van der Waals surface area (Å²) in [5.74, 6) is 0. The third-order valence-corrected chi connectivity index (χ3v) is 4.91. The van der Waals surface area contributed by atoms with Gasteiger partial charge in [-0.3, -0.25) is 4.90 Å². The van der Waals surface area contributed by atoms with E-state index in [9.17, 15) is 0 Å². The van der Waals surface area contributed by atoms with E-state index in [0.717, 1.165) is 32.7 Å². The summed E-state index contributed by atoms with van der Waals surface area (Å²) >= 11 is 1.95. The first-order valence-corrected chi connectivity index (χ1v) is 8.15. The maximum absolute atomic E-state index is 5.24. The van der Waals surface area contributed by atoms with Crippen molar-refractivity contribution in [3.63, 3.8) is 0 Å². The van der Waals surface area contributed by atoms with E-state index in [0.29, 0.717) is 6.04 Å². The lowest BCUT2D eigenvalue weighted by atomic mass is 10.2. The summed E-state index contributed by atoms with van der Waals surface area (Å²) in [4.78, 5) is 5.49. The van der Waals surface area contributed by atoms with Crippen LogP contribution >= 0.6 is 11.3 Å². The van der Waals surface area contributed by atoms with Crippen molar-refractivity contribution in [2.75, 3.05) is 33.4 Å². The van der Waals surface area contributed by atoms with Gasteiger partial charge in [-0.1, -0.05) is 6.92 Å². The fourth-order valence-electron chi connectivity index (χ4n) is 2.60. The molecule has 0 aliphatic carbocycles. The largest absolute Gasteiger partial charge is 0.383 e. The summed E-state index contributed by atoms with van der Waals surface area (Å²) in [6.07, 6.45) is 3.78. The van der Waals surface area contributed by atoms with E-state index in [1.807, 2.05) is 11.3 Å². The number of aryl methyl sites for hydroxylation is 1. The van der Waals surface area contributed by atoms with Crippen molar-refractivity contribution in [1.29, 1.82) is 0 Å². The maximum Gasteiger partial charge on any atom is 0.0589 e. The quantitative estimate of drug-likeness (QED) is 0.793. The molecule has 1 N–H and O–H groups in total. The molecule has 108 valence electrons. The number of thiophene rings is 1. The van der Waals surface area contributed by atoms with Crippen molar-refractivity contribution in [2.24, 2.45) is 0 Å². The minimum atomic E-state index is 0.669. The summed E-state index contributed by atoms with van der Waals surface area (Å²) in [5, 5.41) is 3.59. The molecule has 0 saturated carbocycles. The second-order valence-electron chi connectivity index (χ2n) is 5.24. The van der Waals surface area contributed by atoms with E-state index in [-0.39, 0.29) is 0 Å². The smallest absolute Gasteiger partial charge is 0.0589 e. The van der Waals surface area contributed by atoms with Crippen LogP contribution < -0.4 is 5.32 Å². The molecule has 1 unspecified atom stereocenters. The Morgan fingerprint density at radius 2 is 2.26 bits per heavy atom. The molecule has 1 saturated heterocycles. The van der Waals surface area contributed by atoms with Gasteiger partial charge in [-0.15, -0.1) is 11.3 Å². The van der Waals surface area contributed by atoms with E-state index >= 15 is 0 Å². The first kappa shape index (κ1) is 15.0. The van der Waals surface area contributed by atoms with E-state index in [4.69, 9.17) is 4.74 Å². The van der Waals surface area contributed by atoms with Gasteiger partial charge < -0.3 is 10.1 Å². The van der Waals surface area contributed by atoms with Crippen LogP contribution in [0.1, 0.15) is 29.5 Å². The Morgan fingerprint density at radius 1 is 1.42 bits per heavy atom. The number of hydrogen-bond donors (Lipinski definition) is 1. The Labute approximate surface area is 121 Å². The van der Waals surface area contributed by atoms with Crippen LogP contribution in [0.4, 0.5) is 0 Å². The van der Waals surface area contributed by atoms with Crippen molar-refractivity contribution in [2.45, 2.75) is 38.8 Å². The van der Waals surface area contributed by atoms with Crippen LogP contribution in [0, 0.1) is 0 Å². The molecule has 4 heteroatoms. The highest BCUT2D eigenvalue weighted by molar-refractivity contribution is 7.11. The number of nitrogens with zero attached hydrogens (tertiary/aromatic N) is 1. The van der Waals surface area contributed by atoms with Gasteiger partial charge in [0.1, 0.15) is 0 Å². The molecule has 0 aromatic carbocycles. The van der Waals surface area contributed by atoms with Gasteiger partial charge in [-0.05, 0) is 37.9 Å². The Balaban J connectivity index is 1.87. The number of rotatable bonds is 8. The third kappa shape index (κ3) is 4.88. The van der Waals surface area contributed by atoms with Gasteiger partial charge in [-0.2, -0.15) is 0 Å². The summed E-state index contributed by atoms with van der Waals surface area (Å²) < 4.78 is 5.24. The van der Waals surface area contributed by atoms with Gasteiger partial charge in [0, 0.05) is 42.5 Å². The predicted octanol–water partition coefficient (Wildman–Crippen LogP) is 2.51. The van der Waals surface area contributed by atoms with Crippen LogP contribution in [0.2, 0.25) is 0 Å². The standard InChI is InChI=1S/C15H26N2OS/c1-3-14-6-7-15(19-14)12-17(9-10-18-2)11-13-5-4-8-16-13/h6-7,13,16H,3-5,8-12H2,1-2H3. The first-order chi connectivity index (χ1) is 9.31. The second-order valence-corrected chi connectivity index (χ2v) is 6.50. The molecule has 1 aliphatic rings. The molecular formula is C15H26N2OS. The topological polar surface area (TPSA) is 24.5 Å². The Bertz CT molecular complexity index is 361. The molecule has 2 heterocycles. The zero-order valence-corrected chi connectivity index (χ0v) is 13.0. The van der Waals surface area contributed by atoms with Gasteiger partial charge in [0.2, 0.25) is 0 Å². The van der Waals surface area contributed by atoms with Crippen LogP contribution in [0.3, 0.4) is 0 Å². The van der Waals surface area contributed by atoms with Crippen molar-refractivity contribution < 1.29 is 4.74 Å². The fraction of sp³-hybridized carbons (Fsp3) is 0.733. The molecule has 1 atom stereocenters. The van der Waals surface area contributed by atoms with Gasteiger partial charge in [0.15, 0.2) is 0 Å². The molecule has 0 spiro atoms. The zero-order valence-electron chi connectivity index (χ0n) is 12.2. The molecule has 1 aromatic rings. The summed E-state index contributed by atoms with van der Waals surface area (Å²) in [7, 11) is 1.78. The average molecular weight is 282 g/mol. The molecule has 0 radical (unpaired) electrons. The minimum absolute atomic E-state index is 0.669. The minimum Gasteiger partial charge on any atom is -0.383 e. The van der Waals surface area contributed by atoms with Crippen molar-refractivity contribution in [3.8, 4) is 0 Å². The predicted molar refractivity (Wildman–Crippen MR) is 81.9 cm³/mol. The lowest BCUT2D eigenvalue weighted by molar-refractivity contribution is 0.139. The fourth-order valence-corrected chi connectivity index (χ4v) is 3.60. The van der Waals surface area contributed by atoms with Gasteiger partial charge in [0.05, 0.1) is 6.61 Å².